The molecule has 0 amide bonds. The number of nitrogens with zero attached hydrogens (tertiary/aromatic N) is 2. The second-order valence-electron chi connectivity index (χ2n) is 2.65. The van der Waals surface area contributed by atoms with Crippen molar-refractivity contribution in [2.75, 3.05) is 13.7 Å². The third-order valence-corrected chi connectivity index (χ3v) is 1.62. The standard InChI is InChI=1S/C8H12N2O3/c1-13-4-2-3-10-5-7(8(11)12)9-6-10/h5-6H,2-4H2,1H3,(H,11,12). The molecule has 0 spiro atoms. The van der Waals surface area contributed by atoms with Gasteiger partial charge in [0.1, 0.15) is 0 Å². The summed E-state index contributed by atoms with van der Waals surface area (Å²) in [5, 5.41) is 8.57. The van der Waals surface area contributed by atoms with Crippen molar-refractivity contribution in [3.63, 3.8) is 0 Å². The Morgan fingerprint density at radius 2 is 2.54 bits per heavy atom. The number of aryl methyl sites for hydroxylation is 1. The van der Waals surface area contributed by atoms with E-state index in [1.807, 2.05) is 0 Å². The zero-order valence-electron chi connectivity index (χ0n) is 7.43. The van der Waals surface area contributed by atoms with E-state index in [0.29, 0.717) is 6.61 Å². The van der Waals surface area contributed by atoms with Crippen LogP contribution in [0.2, 0.25) is 0 Å². The molecule has 0 aliphatic rings. The summed E-state index contributed by atoms with van der Waals surface area (Å²) in [5.74, 6) is -0.995. The third kappa shape index (κ3) is 2.87. The Kier molecular flexibility index (Phi) is 3.45. The molecule has 5 heteroatoms. The molecular weight excluding hydrogens is 172 g/mol. The van der Waals surface area contributed by atoms with Crippen LogP contribution in [-0.4, -0.2) is 34.3 Å². The van der Waals surface area contributed by atoms with Gasteiger partial charge in [0, 0.05) is 26.5 Å². The molecule has 72 valence electrons. The summed E-state index contributed by atoms with van der Waals surface area (Å²) in [6.45, 7) is 1.40. The van der Waals surface area contributed by atoms with Gasteiger partial charge in [-0.1, -0.05) is 0 Å². The number of methoxy groups -OCH3 is 1. The zero-order chi connectivity index (χ0) is 9.68. The Hall–Kier alpha value is -1.36. The highest BCUT2D eigenvalue weighted by molar-refractivity contribution is 5.84. The number of carbonyl (C=O) groups is 1. The van der Waals surface area contributed by atoms with E-state index in [1.54, 1.807) is 11.7 Å². The highest BCUT2D eigenvalue weighted by atomic mass is 16.5. The van der Waals surface area contributed by atoms with Crippen LogP contribution in [0.25, 0.3) is 0 Å². The maximum atomic E-state index is 10.4. The Bertz CT molecular complexity index is 283. The molecule has 1 aromatic rings. The van der Waals surface area contributed by atoms with Gasteiger partial charge in [-0.3, -0.25) is 0 Å². The monoisotopic (exact) mass is 184 g/mol. The van der Waals surface area contributed by atoms with Crippen molar-refractivity contribution in [2.24, 2.45) is 0 Å². The number of aromatic nitrogens is 2. The number of carboxylic acids is 1. The lowest BCUT2D eigenvalue weighted by Crippen LogP contribution is -1.99. The maximum absolute atomic E-state index is 10.4. The lowest BCUT2D eigenvalue weighted by Gasteiger charge is -1.99. The Labute approximate surface area is 76.0 Å². The first-order valence-corrected chi connectivity index (χ1v) is 3.98. The fourth-order valence-electron chi connectivity index (χ4n) is 0.984. The summed E-state index contributed by atoms with van der Waals surface area (Å²) in [5.41, 5.74) is 0.0809. The molecule has 1 rings (SSSR count). The van der Waals surface area contributed by atoms with E-state index in [-0.39, 0.29) is 5.69 Å². The quantitative estimate of drug-likeness (QED) is 0.681. The molecule has 0 saturated heterocycles. The van der Waals surface area contributed by atoms with Gasteiger partial charge in [-0.15, -0.1) is 0 Å². The number of hydrogen-bond donors (Lipinski definition) is 1. The molecule has 5 nitrogen and oxygen atoms in total. The van der Waals surface area contributed by atoms with Crippen LogP contribution >= 0.6 is 0 Å². The van der Waals surface area contributed by atoms with Gasteiger partial charge >= 0.3 is 5.97 Å². The fourth-order valence-corrected chi connectivity index (χ4v) is 0.984. The van der Waals surface area contributed by atoms with Gasteiger partial charge in [0.15, 0.2) is 5.69 Å². The summed E-state index contributed by atoms with van der Waals surface area (Å²) in [6, 6.07) is 0. The Morgan fingerprint density at radius 3 is 3.08 bits per heavy atom. The third-order valence-electron chi connectivity index (χ3n) is 1.62. The van der Waals surface area contributed by atoms with E-state index in [2.05, 4.69) is 4.98 Å². The first-order chi connectivity index (χ1) is 6.24. The highest BCUT2D eigenvalue weighted by Gasteiger charge is 2.05. The van der Waals surface area contributed by atoms with Crippen molar-refractivity contribution in [2.45, 2.75) is 13.0 Å². The normalized spacial score (nSPS) is 10.2. The van der Waals surface area contributed by atoms with E-state index >= 15 is 0 Å². The van der Waals surface area contributed by atoms with Gasteiger partial charge in [0.05, 0.1) is 6.33 Å². The smallest absolute Gasteiger partial charge is 0.356 e. The molecule has 0 aliphatic heterocycles. The van der Waals surface area contributed by atoms with E-state index in [4.69, 9.17) is 9.84 Å². The van der Waals surface area contributed by atoms with Crippen molar-refractivity contribution in [3.8, 4) is 0 Å². The number of carboxylic acid groups (broad SMARTS) is 1. The van der Waals surface area contributed by atoms with Crippen LogP contribution in [0.1, 0.15) is 16.9 Å². The number of rotatable bonds is 5. The van der Waals surface area contributed by atoms with Crippen molar-refractivity contribution in [1.82, 2.24) is 9.55 Å². The molecule has 0 aliphatic carbocycles. The van der Waals surface area contributed by atoms with Crippen LogP contribution < -0.4 is 0 Å². The fraction of sp³-hybridized carbons (Fsp3) is 0.500. The minimum absolute atomic E-state index is 0.0809. The molecule has 0 atom stereocenters. The van der Waals surface area contributed by atoms with Gasteiger partial charge in [-0.2, -0.15) is 0 Å². The van der Waals surface area contributed by atoms with E-state index in [0.717, 1.165) is 13.0 Å². The molecule has 1 N–H and O–H groups in total. The van der Waals surface area contributed by atoms with Crippen LogP contribution in [0.5, 0.6) is 0 Å². The molecule has 0 aromatic carbocycles. The van der Waals surface area contributed by atoms with Gasteiger partial charge in [-0.25, -0.2) is 9.78 Å². The molecule has 0 fully saturated rings. The SMILES string of the molecule is COCCCn1cnc(C(=O)O)c1. The summed E-state index contributed by atoms with van der Waals surface area (Å²) in [6.07, 6.45) is 3.88. The van der Waals surface area contributed by atoms with Crippen molar-refractivity contribution in [1.29, 1.82) is 0 Å². The first kappa shape index (κ1) is 9.73. The summed E-state index contributed by atoms with van der Waals surface area (Å²) < 4.78 is 6.61. The Balaban J connectivity index is 2.44. The number of imidazole rings is 1. The molecule has 1 heterocycles. The van der Waals surface area contributed by atoms with Crippen LogP contribution in [0, 0.1) is 0 Å². The van der Waals surface area contributed by atoms with Gasteiger partial charge < -0.3 is 14.4 Å². The maximum Gasteiger partial charge on any atom is 0.356 e. The first-order valence-electron chi connectivity index (χ1n) is 3.98. The Morgan fingerprint density at radius 1 is 1.77 bits per heavy atom. The molecule has 0 bridgehead atoms. The van der Waals surface area contributed by atoms with E-state index in [9.17, 15) is 4.79 Å². The lowest BCUT2D eigenvalue weighted by molar-refractivity contribution is 0.0691. The molecule has 0 saturated carbocycles. The number of hydrogen-bond acceptors (Lipinski definition) is 3. The molecular formula is C8H12N2O3. The van der Waals surface area contributed by atoms with Crippen molar-refractivity contribution >= 4 is 5.97 Å². The minimum atomic E-state index is -0.995. The van der Waals surface area contributed by atoms with Crippen LogP contribution in [0.15, 0.2) is 12.5 Å². The second kappa shape index (κ2) is 4.61. The summed E-state index contributed by atoms with van der Waals surface area (Å²) in [7, 11) is 1.64. The molecule has 1 aromatic heterocycles. The second-order valence-corrected chi connectivity index (χ2v) is 2.65. The van der Waals surface area contributed by atoms with Crippen molar-refractivity contribution in [3.05, 3.63) is 18.2 Å². The predicted octanol–water partition coefficient (Wildman–Crippen LogP) is 0.618. The summed E-state index contributed by atoms with van der Waals surface area (Å²) in [4.78, 5) is 14.2. The zero-order valence-corrected chi connectivity index (χ0v) is 7.43. The minimum Gasteiger partial charge on any atom is -0.476 e. The van der Waals surface area contributed by atoms with Crippen LogP contribution in [-0.2, 0) is 11.3 Å². The van der Waals surface area contributed by atoms with Gasteiger partial charge in [0.2, 0.25) is 0 Å². The van der Waals surface area contributed by atoms with E-state index in [1.165, 1.54) is 12.5 Å². The van der Waals surface area contributed by atoms with Gasteiger partial charge in [-0.05, 0) is 6.42 Å². The van der Waals surface area contributed by atoms with Crippen molar-refractivity contribution < 1.29 is 14.6 Å². The highest BCUT2D eigenvalue weighted by Crippen LogP contribution is 1.97. The average molecular weight is 184 g/mol. The van der Waals surface area contributed by atoms with Gasteiger partial charge in [0.25, 0.3) is 0 Å². The molecule has 0 radical (unpaired) electrons. The topological polar surface area (TPSA) is 64.4 Å². The molecule has 0 unspecified atom stereocenters. The average Bonchev–Trinajstić information content (AvgIpc) is 2.53. The number of ether oxygens (including phenoxy) is 1. The predicted molar refractivity (Wildman–Crippen MR) is 45.7 cm³/mol. The number of aromatic carboxylic acids is 1. The summed E-state index contributed by atoms with van der Waals surface area (Å²) >= 11 is 0. The lowest BCUT2D eigenvalue weighted by atomic mass is 10.4. The van der Waals surface area contributed by atoms with E-state index < -0.39 is 5.97 Å². The largest absolute Gasteiger partial charge is 0.476 e. The van der Waals surface area contributed by atoms with Crippen LogP contribution in [0.3, 0.4) is 0 Å². The molecule has 13 heavy (non-hydrogen) atoms. The van der Waals surface area contributed by atoms with Crippen LogP contribution in [0.4, 0.5) is 0 Å².